The van der Waals surface area contributed by atoms with Gasteiger partial charge in [0.1, 0.15) is 0 Å². The largest absolute Gasteiger partial charge is 0.493 e. The van der Waals surface area contributed by atoms with Crippen LogP contribution in [0.25, 0.3) is 10.1 Å². The van der Waals surface area contributed by atoms with Crippen molar-refractivity contribution in [3.8, 4) is 11.5 Å². The minimum Gasteiger partial charge on any atom is -0.493 e. The Morgan fingerprint density at radius 2 is 1.74 bits per heavy atom. The molecule has 5 rings (SSSR count). The lowest BCUT2D eigenvalue weighted by Gasteiger charge is -2.35. The van der Waals surface area contributed by atoms with E-state index in [1.165, 1.54) is 51.8 Å². The van der Waals surface area contributed by atoms with Gasteiger partial charge in [0.05, 0.1) is 30.9 Å². The molecule has 27 heavy (non-hydrogen) atoms. The smallest absolute Gasteiger partial charge is 0.161 e. The van der Waals surface area contributed by atoms with Crippen LogP contribution in [0.3, 0.4) is 0 Å². The number of hydrogen-bond donors (Lipinski definition) is 0. The van der Waals surface area contributed by atoms with E-state index >= 15 is 0 Å². The molecular formula is C23H23NO2S. The topological polar surface area (TPSA) is 30.8 Å². The number of benzene rings is 2. The SMILES string of the molecule is COc1cc2c(cc1OC)C1CCCCC1N=C2c1cc2ccccc2s1. The third-order valence-corrected chi connectivity index (χ3v) is 7.02. The predicted octanol–water partition coefficient (Wildman–Crippen LogP) is 5.80. The zero-order chi connectivity index (χ0) is 18.4. The molecule has 0 spiro atoms. The molecule has 3 nitrogen and oxygen atoms in total. The number of hydrogen-bond acceptors (Lipinski definition) is 4. The molecule has 0 radical (unpaired) electrons. The summed E-state index contributed by atoms with van der Waals surface area (Å²) in [5, 5.41) is 1.29. The van der Waals surface area contributed by atoms with Crippen LogP contribution in [0.4, 0.5) is 0 Å². The van der Waals surface area contributed by atoms with E-state index in [1.54, 1.807) is 14.2 Å². The summed E-state index contributed by atoms with van der Waals surface area (Å²) >= 11 is 1.83. The molecule has 1 fully saturated rings. The number of nitrogens with zero attached hydrogens (tertiary/aromatic N) is 1. The summed E-state index contributed by atoms with van der Waals surface area (Å²) in [6.07, 6.45) is 4.93. The molecular weight excluding hydrogens is 354 g/mol. The summed E-state index contributed by atoms with van der Waals surface area (Å²) < 4.78 is 12.5. The average Bonchev–Trinajstić information content (AvgIpc) is 3.16. The van der Waals surface area contributed by atoms with Crippen LogP contribution in [0.2, 0.25) is 0 Å². The summed E-state index contributed by atoms with van der Waals surface area (Å²) in [5.74, 6) is 2.09. The van der Waals surface area contributed by atoms with Crippen molar-refractivity contribution in [3.05, 3.63) is 58.5 Å². The van der Waals surface area contributed by atoms with Crippen molar-refractivity contribution in [2.75, 3.05) is 14.2 Å². The van der Waals surface area contributed by atoms with E-state index in [0.717, 1.165) is 17.2 Å². The molecule has 2 heterocycles. The highest BCUT2D eigenvalue weighted by Gasteiger charge is 2.35. The van der Waals surface area contributed by atoms with Crippen LogP contribution in [0.1, 0.15) is 47.6 Å². The number of rotatable bonds is 3. The molecule has 0 saturated heterocycles. The lowest BCUT2D eigenvalue weighted by molar-refractivity contribution is 0.349. The highest BCUT2D eigenvalue weighted by atomic mass is 32.1. The van der Waals surface area contributed by atoms with Crippen molar-refractivity contribution in [1.29, 1.82) is 0 Å². The number of methoxy groups -OCH3 is 2. The van der Waals surface area contributed by atoms with Gasteiger partial charge in [-0.25, -0.2) is 0 Å². The maximum absolute atomic E-state index is 5.61. The Balaban J connectivity index is 1.72. The first-order valence-electron chi connectivity index (χ1n) is 9.61. The van der Waals surface area contributed by atoms with Crippen molar-refractivity contribution >= 4 is 27.1 Å². The highest BCUT2D eigenvalue weighted by molar-refractivity contribution is 7.21. The van der Waals surface area contributed by atoms with Crippen molar-refractivity contribution in [3.63, 3.8) is 0 Å². The van der Waals surface area contributed by atoms with Gasteiger partial charge in [0.25, 0.3) is 0 Å². The zero-order valence-electron chi connectivity index (χ0n) is 15.7. The second kappa shape index (κ2) is 6.68. The number of ether oxygens (including phenoxy) is 2. The van der Waals surface area contributed by atoms with E-state index < -0.39 is 0 Å². The average molecular weight is 378 g/mol. The molecule has 1 saturated carbocycles. The van der Waals surface area contributed by atoms with Crippen molar-refractivity contribution in [2.24, 2.45) is 4.99 Å². The van der Waals surface area contributed by atoms with Crippen LogP contribution in [0, 0.1) is 0 Å². The van der Waals surface area contributed by atoms with E-state index in [0.29, 0.717) is 12.0 Å². The number of thiophene rings is 1. The molecule has 2 aromatic carbocycles. The Morgan fingerprint density at radius 3 is 2.56 bits per heavy atom. The molecule has 0 N–H and O–H groups in total. The third-order valence-electron chi connectivity index (χ3n) is 5.89. The molecule has 2 aliphatic rings. The van der Waals surface area contributed by atoms with Gasteiger partial charge in [-0.3, -0.25) is 4.99 Å². The maximum atomic E-state index is 5.61. The quantitative estimate of drug-likeness (QED) is 0.578. The number of aliphatic imine (C=N–C) groups is 1. The summed E-state index contributed by atoms with van der Waals surface area (Å²) in [6, 6.07) is 15.5. The highest BCUT2D eigenvalue weighted by Crippen LogP contribution is 2.45. The van der Waals surface area contributed by atoms with Crippen LogP contribution >= 0.6 is 11.3 Å². The zero-order valence-corrected chi connectivity index (χ0v) is 16.5. The lowest BCUT2D eigenvalue weighted by Crippen LogP contribution is -2.29. The van der Waals surface area contributed by atoms with Crippen LogP contribution in [-0.4, -0.2) is 26.0 Å². The van der Waals surface area contributed by atoms with E-state index in [2.05, 4.69) is 42.5 Å². The van der Waals surface area contributed by atoms with Gasteiger partial charge in [0.15, 0.2) is 11.5 Å². The van der Waals surface area contributed by atoms with Gasteiger partial charge in [-0.1, -0.05) is 31.0 Å². The minimum absolute atomic E-state index is 0.379. The van der Waals surface area contributed by atoms with E-state index in [-0.39, 0.29) is 0 Å². The van der Waals surface area contributed by atoms with E-state index in [9.17, 15) is 0 Å². The standard InChI is InChI=1S/C23H23NO2S/c1-25-19-12-16-15-8-4-5-9-18(15)24-23(17(16)13-20(19)26-2)22-11-14-7-3-6-10-21(14)27-22/h3,6-7,10-13,15,18H,4-5,8-9H2,1-2H3. The normalized spacial score (nSPS) is 21.3. The molecule has 1 aliphatic heterocycles. The first kappa shape index (κ1) is 16.8. The summed E-state index contributed by atoms with van der Waals surface area (Å²) in [6.45, 7) is 0. The van der Waals surface area contributed by atoms with Crippen molar-refractivity contribution < 1.29 is 9.47 Å². The van der Waals surface area contributed by atoms with E-state index in [1.807, 2.05) is 11.3 Å². The first-order valence-corrected chi connectivity index (χ1v) is 10.4. The van der Waals surface area contributed by atoms with Gasteiger partial charge in [0, 0.05) is 16.2 Å². The van der Waals surface area contributed by atoms with Crippen LogP contribution < -0.4 is 9.47 Å². The Kier molecular flexibility index (Phi) is 4.16. The molecule has 2 atom stereocenters. The van der Waals surface area contributed by atoms with Gasteiger partial charge in [-0.15, -0.1) is 11.3 Å². The fourth-order valence-electron chi connectivity index (χ4n) is 4.57. The summed E-state index contributed by atoms with van der Waals surface area (Å²) in [7, 11) is 3.42. The van der Waals surface area contributed by atoms with E-state index in [4.69, 9.17) is 14.5 Å². The molecule has 0 bridgehead atoms. The molecule has 2 unspecified atom stereocenters. The second-order valence-electron chi connectivity index (χ2n) is 7.38. The fraction of sp³-hybridized carbons (Fsp3) is 0.348. The third kappa shape index (κ3) is 2.74. The molecule has 0 amide bonds. The number of fused-ring (bicyclic) bond motifs is 4. The lowest BCUT2D eigenvalue weighted by atomic mass is 9.75. The summed E-state index contributed by atoms with van der Waals surface area (Å²) in [4.78, 5) is 6.52. The van der Waals surface area contributed by atoms with Gasteiger partial charge in [-0.2, -0.15) is 0 Å². The molecule has 138 valence electrons. The molecule has 1 aliphatic carbocycles. The first-order chi connectivity index (χ1) is 13.3. The second-order valence-corrected chi connectivity index (χ2v) is 8.46. The predicted molar refractivity (Wildman–Crippen MR) is 112 cm³/mol. The molecule has 3 aromatic rings. The van der Waals surface area contributed by atoms with Gasteiger partial charge >= 0.3 is 0 Å². The Morgan fingerprint density at radius 1 is 0.963 bits per heavy atom. The van der Waals surface area contributed by atoms with Crippen molar-refractivity contribution in [2.45, 2.75) is 37.6 Å². The fourth-order valence-corrected chi connectivity index (χ4v) is 5.64. The van der Waals surface area contributed by atoms with Crippen LogP contribution in [-0.2, 0) is 0 Å². The van der Waals surface area contributed by atoms with Gasteiger partial charge in [0.2, 0.25) is 0 Å². The minimum atomic E-state index is 0.379. The van der Waals surface area contributed by atoms with Crippen LogP contribution in [0.5, 0.6) is 11.5 Å². The van der Waals surface area contributed by atoms with Gasteiger partial charge < -0.3 is 9.47 Å². The van der Waals surface area contributed by atoms with Gasteiger partial charge in [-0.05, 0) is 48.1 Å². The Hall–Kier alpha value is -2.33. The Bertz CT molecular complexity index is 1000. The maximum Gasteiger partial charge on any atom is 0.161 e. The molecule has 1 aromatic heterocycles. The molecule has 4 heteroatoms. The Labute approximate surface area is 163 Å². The summed E-state index contributed by atoms with van der Waals surface area (Å²) in [5.41, 5.74) is 3.71. The monoisotopic (exact) mass is 377 g/mol. The van der Waals surface area contributed by atoms with Crippen LogP contribution in [0.15, 0.2) is 47.5 Å². The van der Waals surface area contributed by atoms with Crippen molar-refractivity contribution in [1.82, 2.24) is 0 Å².